The molecule has 0 aromatic carbocycles. The summed E-state index contributed by atoms with van der Waals surface area (Å²) in [4.78, 5) is 9.93. The Morgan fingerprint density at radius 3 is 2.22 bits per heavy atom. The second-order valence-corrected chi connectivity index (χ2v) is 3.20. The fraction of sp³-hybridized carbons (Fsp3) is 0.500. The van der Waals surface area contributed by atoms with Gasteiger partial charge in [0.25, 0.3) is 0 Å². The highest BCUT2D eigenvalue weighted by Gasteiger charge is 2.26. The van der Waals surface area contributed by atoms with E-state index in [0.717, 1.165) is 5.88 Å². The third kappa shape index (κ3) is 4.82. The monoisotopic (exact) mass is 189 g/mol. The van der Waals surface area contributed by atoms with E-state index in [2.05, 4.69) is 0 Å². The van der Waals surface area contributed by atoms with E-state index in [9.17, 15) is 4.79 Å². The molecular formula is C4H4Cl3O2. The third-order valence-electron chi connectivity index (χ3n) is 0.547. The molecule has 5 heteroatoms. The number of carboxylic acids is 1. The van der Waals surface area contributed by atoms with Crippen molar-refractivity contribution >= 4 is 40.8 Å². The topological polar surface area (TPSA) is 37.3 Å². The van der Waals surface area contributed by atoms with Crippen LogP contribution in [0, 0.1) is 5.88 Å². The van der Waals surface area contributed by atoms with E-state index in [0.29, 0.717) is 0 Å². The summed E-state index contributed by atoms with van der Waals surface area (Å²) >= 11 is 15.7. The average Bonchev–Trinajstić information content (AvgIpc) is 1.63. The van der Waals surface area contributed by atoms with Gasteiger partial charge in [-0.15, -0.1) is 11.6 Å². The van der Waals surface area contributed by atoms with Gasteiger partial charge in [0.1, 0.15) is 4.33 Å². The largest absolute Gasteiger partial charge is 0.481 e. The summed E-state index contributed by atoms with van der Waals surface area (Å²) in [5.41, 5.74) is 0. The maximum Gasteiger partial charge on any atom is 0.306 e. The van der Waals surface area contributed by atoms with Crippen LogP contribution in [-0.4, -0.2) is 15.4 Å². The van der Waals surface area contributed by atoms with Crippen molar-refractivity contribution in [3.8, 4) is 0 Å². The lowest BCUT2D eigenvalue weighted by atomic mass is 10.3. The smallest absolute Gasteiger partial charge is 0.306 e. The van der Waals surface area contributed by atoms with Crippen LogP contribution in [0.4, 0.5) is 0 Å². The van der Waals surface area contributed by atoms with Crippen molar-refractivity contribution in [3.05, 3.63) is 5.88 Å². The number of carbonyl (C=O) groups is 1. The first-order valence-electron chi connectivity index (χ1n) is 2.02. The number of alkyl halides is 2. The van der Waals surface area contributed by atoms with Crippen molar-refractivity contribution < 1.29 is 9.90 Å². The van der Waals surface area contributed by atoms with Crippen LogP contribution in [0.1, 0.15) is 6.42 Å². The summed E-state index contributed by atoms with van der Waals surface area (Å²) in [6.07, 6.45) is -0.389. The first-order chi connectivity index (χ1) is 3.98. The summed E-state index contributed by atoms with van der Waals surface area (Å²) in [6.45, 7) is 0. The van der Waals surface area contributed by atoms with Crippen LogP contribution in [-0.2, 0) is 4.79 Å². The van der Waals surface area contributed by atoms with Gasteiger partial charge in [0.2, 0.25) is 0 Å². The van der Waals surface area contributed by atoms with Gasteiger partial charge < -0.3 is 5.11 Å². The molecule has 2 nitrogen and oxygen atoms in total. The molecular weight excluding hydrogens is 186 g/mol. The molecule has 0 aliphatic heterocycles. The normalized spacial score (nSPS) is 11.4. The molecule has 0 bridgehead atoms. The van der Waals surface area contributed by atoms with E-state index in [1.54, 1.807) is 0 Å². The molecule has 0 amide bonds. The van der Waals surface area contributed by atoms with E-state index >= 15 is 0 Å². The molecule has 0 aromatic heterocycles. The summed E-state index contributed by atoms with van der Waals surface area (Å²) < 4.78 is -1.45. The van der Waals surface area contributed by atoms with Crippen molar-refractivity contribution in [1.82, 2.24) is 0 Å². The van der Waals surface area contributed by atoms with Crippen molar-refractivity contribution in [1.29, 1.82) is 0 Å². The van der Waals surface area contributed by atoms with Gasteiger partial charge in [0.05, 0.1) is 12.3 Å². The minimum atomic E-state index is -1.45. The summed E-state index contributed by atoms with van der Waals surface area (Å²) in [5, 5.41) is 8.13. The van der Waals surface area contributed by atoms with Crippen LogP contribution in [0.2, 0.25) is 0 Å². The summed E-state index contributed by atoms with van der Waals surface area (Å²) in [6, 6.07) is 0. The predicted molar refractivity (Wildman–Crippen MR) is 36.8 cm³/mol. The highest BCUT2D eigenvalue weighted by Crippen LogP contribution is 2.29. The molecule has 9 heavy (non-hydrogen) atoms. The molecule has 1 N–H and O–H groups in total. The Bertz CT molecular complexity index is 112. The Morgan fingerprint density at radius 2 is 2.11 bits per heavy atom. The van der Waals surface area contributed by atoms with E-state index in [4.69, 9.17) is 39.9 Å². The quantitative estimate of drug-likeness (QED) is 0.692. The van der Waals surface area contributed by atoms with Crippen LogP contribution < -0.4 is 0 Å². The standard InChI is InChI=1S/C4H4Cl3O2/c5-2-4(6,7)1-3(8)9/h2H,1H2,(H,8,9). The lowest BCUT2D eigenvalue weighted by molar-refractivity contribution is -0.137. The fourth-order valence-corrected chi connectivity index (χ4v) is 0.546. The Morgan fingerprint density at radius 1 is 1.67 bits per heavy atom. The highest BCUT2D eigenvalue weighted by molar-refractivity contribution is 6.54. The van der Waals surface area contributed by atoms with Crippen LogP contribution in [0.5, 0.6) is 0 Å². The SMILES string of the molecule is O=C(O)CC(Cl)(Cl)[CH]Cl. The predicted octanol–water partition coefficient (Wildman–Crippen LogP) is 2.04. The second-order valence-electron chi connectivity index (χ2n) is 1.44. The number of carboxylic acid groups (broad SMARTS) is 1. The van der Waals surface area contributed by atoms with Crippen LogP contribution in [0.25, 0.3) is 0 Å². The molecule has 53 valence electrons. The van der Waals surface area contributed by atoms with Gasteiger partial charge in [-0.1, -0.05) is 23.2 Å². The molecule has 0 saturated heterocycles. The molecule has 0 rings (SSSR count). The highest BCUT2D eigenvalue weighted by atomic mass is 35.5. The van der Waals surface area contributed by atoms with Gasteiger partial charge >= 0.3 is 5.97 Å². The lowest BCUT2D eigenvalue weighted by Crippen LogP contribution is -2.16. The molecule has 0 saturated carbocycles. The van der Waals surface area contributed by atoms with Gasteiger partial charge in [-0.2, -0.15) is 0 Å². The van der Waals surface area contributed by atoms with Crippen molar-refractivity contribution in [2.45, 2.75) is 10.8 Å². The maximum absolute atomic E-state index is 9.93. The van der Waals surface area contributed by atoms with E-state index < -0.39 is 10.3 Å². The zero-order chi connectivity index (χ0) is 7.49. The maximum atomic E-state index is 9.93. The number of aliphatic carboxylic acids is 1. The Balaban J connectivity index is 3.71. The minimum absolute atomic E-state index is 0.389. The molecule has 0 fully saturated rings. The summed E-state index contributed by atoms with van der Waals surface area (Å²) in [5.74, 6) is -0.179. The zero-order valence-corrected chi connectivity index (χ0v) is 6.54. The van der Waals surface area contributed by atoms with E-state index in [1.165, 1.54) is 0 Å². The first kappa shape index (κ1) is 9.34. The van der Waals surface area contributed by atoms with Gasteiger partial charge in [-0.05, 0) is 0 Å². The number of halogens is 3. The van der Waals surface area contributed by atoms with Crippen molar-refractivity contribution in [2.75, 3.05) is 0 Å². The molecule has 0 atom stereocenters. The Labute approximate surface area is 67.7 Å². The molecule has 0 aliphatic rings. The lowest BCUT2D eigenvalue weighted by Gasteiger charge is -2.10. The number of rotatable bonds is 3. The first-order valence-corrected chi connectivity index (χ1v) is 3.21. The molecule has 0 heterocycles. The Kier molecular flexibility index (Phi) is 3.63. The van der Waals surface area contributed by atoms with Crippen molar-refractivity contribution in [3.63, 3.8) is 0 Å². The van der Waals surface area contributed by atoms with E-state index in [1.807, 2.05) is 0 Å². The number of hydrogen-bond donors (Lipinski definition) is 1. The molecule has 1 radical (unpaired) electrons. The van der Waals surface area contributed by atoms with Gasteiger partial charge in [-0.3, -0.25) is 4.79 Å². The third-order valence-corrected chi connectivity index (χ3v) is 1.63. The van der Waals surface area contributed by atoms with Crippen molar-refractivity contribution in [2.24, 2.45) is 0 Å². The minimum Gasteiger partial charge on any atom is -0.481 e. The van der Waals surface area contributed by atoms with Crippen LogP contribution >= 0.6 is 34.8 Å². The molecule has 0 spiro atoms. The average molecular weight is 190 g/mol. The zero-order valence-electron chi connectivity index (χ0n) is 4.27. The fourth-order valence-electron chi connectivity index (χ4n) is 0.240. The summed E-state index contributed by atoms with van der Waals surface area (Å²) in [7, 11) is 0. The molecule has 0 aromatic rings. The van der Waals surface area contributed by atoms with Crippen LogP contribution in [0.15, 0.2) is 0 Å². The number of hydrogen-bond acceptors (Lipinski definition) is 1. The molecule has 0 unspecified atom stereocenters. The molecule has 0 aliphatic carbocycles. The second kappa shape index (κ2) is 3.49. The van der Waals surface area contributed by atoms with Gasteiger partial charge in [0, 0.05) is 0 Å². The Hall–Kier alpha value is 0.340. The van der Waals surface area contributed by atoms with E-state index in [-0.39, 0.29) is 6.42 Å². The van der Waals surface area contributed by atoms with Gasteiger partial charge in [0.15, 0.2) is 0 Å². The van der Waals surface area contributed by atoms with Gasteiger partial charge in [-0.25, -0.2) is 0 Å². The van der Waals surface area contributed by atoms with Crippen LogP contribution in [0.3, 0.4) is 0 Å².